The van der Waals surface area contributed by atoms with Gasteiger partial charge in [-0.05, 0) is 37.0 Å². The Balaban J connectivity index is 2.06. The van der Waals surface area contributed by atoms with Crippen molar-refractivity contribution in [2.24, 2.45) is 5.92 Å². The molecular weight excluding hydrogens is 371 g/mol. The van der Waals surface area contributed by atoms with Crippen molar-refractivity contribution in [3.63, 3.8) is 0 Å². The van der Waals surface area contributed by atoms with Crippen LogP contribution in [0.25, 0.3) is 0 Å². The molecular formula is C23H29FN2O3. The van der Waals surface area contributed by atoms with Crippen LogP contribution < -0.4 is 10.1 Å². The van der Waals surface area contributed by atoms with Crippen LogP contribution in [0.15, 0.2) is 54.6 Å². The number of benzene rings is 2. The molecule has 29 heavy (non-hydrogen) atoms. The van der Waals surface area contributed by atoms with Gasteiger partial charge in [0.1, 0.15) is 6.04 Å². The van der Waals surface area contributed by atoms with Crippen molar-refractivity contribution in [3.05, 3.63) is 66.0 Å². The summed E-state index contributed by atoms with van der Waals surface area (Å²) in [5.41, 5.74) is 1.06. The number of halogens is 1. The first-order valence-electron chi connectivity index (χ1n) is 9.87. The highest BCUT2D eigenvalue weighted by molar-refractivity contribution is 5.88. The number of para-hydroxylation sites is 1. The number of ether oxygens (including phenoxy) is 1. The standard InChI is InChI=1S/C23H29FN2O3/c1-17(2)15-25-23(28)18(3)26(14-13-19-9-5-4-6-10-19)22(27)16-29-21-12-8-7-11-20(21)24/h4-12,17-18H,13-16H2,1-3H3,(H,25,28)/t18-/m1/s1. The lowest BCUT2D eigenvalue weighted by molar-refractivity contribution is -0.141. The summed E-state index contributed by atoms with van der Waals surface area (Å²) < 4.78 is 19.1. The van der Waals surface area contributed by atoms with Gasteiger partial charge in [-0.3, -0.25) is 9.59 Å². The van der Waals surface area contributed by atoms with Gasteiger partial charge in [0.15, 0.2) is 18.2 Å². The van der Waals surface area contributed by atoms with E-state index in [4.69, 9.17) is 4.74 Å². The third-order valence-corrected chi connectivity index (χ3v) is 4.52. The zero-order valence-corrected chi connectivity index (χ0v) is 17.2. The maximum atomic E-state index is 13.8. The van der Waals surface area contributed by atoms with Crippen molar-refractivity contribution in [1.29, 1.82) is 0 Å². The fourth-order valence-electron chi connectivity index (χ4n) is 2.81. The minimum atomic E-state index is -0.658. The number of hydrogen-bond donors (Lipinski definition) is 1. The van der Waals surface area contributed by atoms with Crippen LogP contribution in [0.4, 0.5) is 4.39 Å². The molecule has 156 valence electrons. The van der Waals surface area contributed by atoms with E-state index >= 15 is 0 Å². The number of nitrogens with one attached hydrogen (secondary N) is 1. The molecule has 5 nitrogen and oxygen atoms in total. The lowest BCUT2D eigenvalue weighted by Crippen LogP contribution is -2.50. The van der Waals surface area contributed by atoms with Crippen molar-refractivity contribution in [2.45, 2.75) is 33.2 Å². The molecule has 1 atom stereocenters. The molecule has 2 rings (SSSR count). The van der Waals surface area contributed by atoms with Gasteiger partial charge >= 0.3 is 0 Å². The smallest absolute Gasteiger partial charge is 0.261 e. The average molecular weight is 400 g/mol. The number of carbonyl (C=O) groups is 2. The monoisotopic (exact) mass is 400 g/mol. The molecule has 0 fully saturated rings. The minimum absolute atomic E-state index is 0.0146. The van der Waals surface area contributed by atoms with Crippen molar-refractivity contribution in [3.8, 4) is 5.75 Å². The van der Waals surface area contributed by atoms with Crippen LogP contribution in [0, 0.1) is 11.7 Å². The van der Waals surface area contributed by atoms with Gasteiger partial charge in [-0.15, -0.1) is 0 Å². The molecule has 2 aromatic rings. The van der Waals surface area contributed by atoms with E-state index in [0.717, 1.165) is 5.56 Å². The second-order valence-corrected chi connectivity index (χ2v) is 7.36. The largest absolute Gasteiger partial charge is 0.481 e. The summed E-state index contributed by atoms with van der Waals surface area (Å²) in [5, 5.41) is 2.86. The quantitative estimate of drug-likeness (QED) is 0.665. The molecule has 0 aromatic heterocycles. The summed E-state index contributed by atoms with van der Waals surface area (Å²) in [4.78, 5) is 26.8. The van der Waals surface area contributed by atoms with Crippen molar-refractivity contribution in [2.75, 3.05) is 19.7 Å². The van der Waals surface area contributed by atoms with Crippen LogP contribution in [0.1, 0.15) is 26.3 Å². The lowest BCUT2D eigenvalue weighted by atomic mass is 10.1. The molecule has 0 aliphatic carbocycles. The molecule has 0 saturated heterocycles. The SMILES string of the molecule is CC(C)CNC(=O)[C@@H](C)N(CCc1ccccc1)C(=O)COc1ccccc1F. The van der Waals surface area contributed by atoms with Gasteiger partial charge in [-0.2, -0.15) is 0 Å². The van der Waals surface area contributed by atoms with E-state index in [1.54, 1.807) is 19.1 Å². The Labute approximate surface area is 171 Å². The Bertz CT molecular complexity index is 796. The number of amides is 2. The second-order valence-electron chi connectivity index (χ2n) is 7.36. The summed E-state index contributed by atoms with van der Waals surface area (Å²) >= 11 is 0. The van der Waals surface area contributed by atoms with E-state index in [9.17, 15) is 14.0 Å². The topological polar surface area (TPSA) is 58.6 Å². The normalized spacial score (nSPS) is 11.8. The Kier molecular flexibility index (Phi) is 8.65. The summed E-state index contributed by atoms with van der Waals surface area (Å²) in [6, 6.07) is 15.0. The van der Waals surface area contributed by atoms with E-state index in [0.29, 0.717) is 25.4 Å². The third-order valence-electron chi connectivity index (χ3n) is 4.52. The Morgan fingerprint density at radius 3 is 2.34 bits per heavy atom. The van der Waals surface area contributed by atoms with E-state index in [-0.39, 0.29) is 24.2 Å². The highest BCUT2D eigenvalue weighted by Crippen LogP contribution is 2.16. The van der Waals surface area contributed by atoms with Gasteiger partial charge in [-0.25, -0.2) is 4.39 Å². The maximum Gasteiger partial charge on any atom is 0.261 e. The number of nitrogens with zero attached hydrogens (tertiary/aromatic N) is 1. The molecule has 0 heterocycles. The molecule has 2 aromatic carbocycles. The van der Waals surface area contributed by atoms with Crippen LogP contribution in [-0.4, -0.2) is 42.5 Å². The highest BCUT2D eigenvalue weighted by Gasteiger charge is 2.26. The van der Waals surface area contributed by atoms with Crippen LogP contribution in [-0.2, 0) is 16.0 Å². The van der Waals surface area contributed by atoms with Gasteiger partial charge in [0.05, 0.1) is 0 Å². The van der Waals surface area contributed by atoms with Crippen molar-refractivity contribution >= 4 is 11.8 Å². The summed E-state index contributed by atoms with van der Waals surface area (Å²) in [6.45, 7) is 6.27. The zero-order chi connectivity index (χ0) is 21.2. The minimum Gasteiger partial charge on any atom is -0.481 e. The van der Waals surface area contributed by atoms with Gasteiger partial charge in [0, 0.05) is 13.1 Å². The Hall–Kier alpha value is -2.89. The second kappa shape index (κ2) is 11.2. The molecule has 2 amide bonds. The zero-order valence-electron chi connectivity index (χ0n) is 17.2. The molecule has 0 aliphatic rings. The van der Waals surface area contributed by atoms with E-state index < -0.39 is 11.9 Å². The van der Waals surface area contributed by atoms with Gasteiger partial charge in [0.2, 0.25) is 5.91 Å². The molecule has 0 aliphatic heterocycles. The van der Waals surface area contributed by atoms with Crippen LogP contribution in [0.5, 0.6) is 5.75 Å². The Morgan fingerprint density at radius 2 is 1.69 bits per heavy atom. The predicted octanol–water partition coefficient (Wildman–Crippen LogP) is 3.44. The fourth-order valence-corrected chi connectivity index (χ4v) is 2.81. The molecule has 0 spiro atoms. The molecule has 0 unspecified atom stereocenters. The number of rotatable bonds is 10. The van der Waals surface area contributed by atoms with Gasteiger partial charge in [-0.1, -0.05) is 56.3 Å². The molecule has 0 saturated carbocycles. The molecule has 0 bridgehead atoms. The highest BCUT2D eigenvalue weighted by atomic mass is 19.1. The fraction of sp³-hybridized carbons (Fsp3) is 0.391. The first-order valence-corrected chi connectivity index (χ1v) is 9.87. The third kappa shape index (κ3) is 7.22. The van der Waals surface area contributed by atoms with Crippen LogP contribution in [0.3, 0.4) is 0 Å². The first kappa shape index (κ1) is 22.4. The molecule has 1 N–H and O–H groups in total. The maximum absolute atomic E-state index is 13.8. The van der Waals surface area contributed by atoms with Crippen LogP contribution >= 0.6 is 0 Å². The predicted molar refractivity (Wildman–Crippen MR) is 111 cm³/mol. The molecule has 6 heteroatoms. The van der Waals surface area contributed by atoms with Crippen LogP contribution in [0.2, 0.25) is 0 Å². The summed E-state index contributed by atoms with van der Waals surface area (Å²) in [6.07, 6.45) is 0.605. The van der Waals surface area contributed by atoms with Gasteiger partial charge < -0.3 is 15.0 Å². The average Bonchev–Trinajstić information content (AvgIpc) is 2.72. The number of hydrogen-bond acceptors (Lipinski definition) is 3. The van der Waals surface area contributed by atoms with E-state index in [1.165, 1.54) is 17.0 Å². The molecule has 0 radical (unpaired) electrons. The summed E-state index contributed by atoms with van der Waals surface area (Å²) in [5.74, 6) is -0.786. The number of carbonyl (C=O) groups excluding carboxylic acids is 2. The van der Waals surface area contributed by atoms with Crippen molar-refractivity contribution < 1.29 is 18.7 Å². The van der Waals surface area contributed by atoms with E-state index in [2.05, 4.69) is 5.32 Å². The Morgan fingerprint density at radius 1 is 1.03 bits per heavy atom. The summed E-state index contributed by atoms with van der Waals surface area (Å²) in [7, 11) is 0. The first-order chi connectivity index (χ1) is 13.9. The van der Waals surface area contributed by atoms with E-state index in [1.807, 2.05) is 44.2 Å². The lowest BCUT2D eigenvalue weighted by Gasteiger charge is -2.29. The van der Waals surface area contributed by atoms with Gasteiger partial charge in [0.25, 0.3) is 5.91 Å². The van der Waals surface area contributed by atoms with Crippen molar-refractivity contribution in [1.82, 2.24) is 10.2 Å².